The predicted molar refractivity (Wildman–Crippen MR) is 86.5 cm³/mol. The summed E-state index contributed by atoms with van der Waals surface area (Å²) >= 11 is 0. The summed E-state index contributed by atoms with van der Waals surface area (Å²) in [4.78, 5) is 11.4. The van der Waals surface area contributed by atoms with E-state index < -0.39 is 5.54 Å². The zero-order valence-corrected chi connectivity index (χ0v) is 13.8. The van der Waals surface area contributed by atoms with Gasteiger partial charge in [0.25, 0.3) is 0 Å². The Kier molecular flexibility index (Phi) is 5.78. The largest absolute Gasteiger partial charge is 0.494 e. The number of carbonyl (C=O) groups is 1. The maximum atomic E-state index is 11.4. The lowest BCUT2D eigenvalue weighted by molar-refractivity contribution is -0.123. The van der Waals surface area contributed by atoms with Crippen LogP contribution in [0.3, 0.4) is 0 Å². The van der Waals surface area contributed by atoms with Crippen molar-refractivity contribution >= 4 is 5.91 Å². The Morgan fingerprint density at radius 2 is 1.76 bits per heavy atom. The third-order valence-electron chi connectivity index (χ3n) is 3.91. The van der Waals surface area contributed by atoms with E-state index in [0.29, 0.717) is 13.0 Å². The van der Waals surface area contributed by atoms with Crippen LogP contribution in [0.25, 0.3) is 0 Å². The molecule has 3 N–H and O–H groups in total. The van der Waals surface area contributed by atoms with Crippen molar-refractivity contribution in [3.8, 4) is 5.75 Å². The number of ether oxygens (including phenoxy) is 1. The number of benzene rings is 1. The molecule has 0 heterocycles. The van der Waals surface area contributed by atoms with Gasteiger partial charge in [0, 0.05) is 0 Å². The van der Waals surface area contributed by atoms with Crippen molar-refractivity contribution in [3.63, 3.8) is 0 Å². The molecule has 1 unspecified atom stereocenters. The van der Waals surface area contributed by atoms with Gasteiger partial charge in [-0.25, -0.2) is 0 Å². The molecular formula is C17H28N2O2. The molecule has 4 heteroatoms. The number of likely N-dealkylation sites (N-methyl/N-ethyl adjacent to an activating group) is 1. The monoisotopic (exact) mass is 292 g/mol. The van der Waals surface area contributed by atoms with Crippen molar-refractivity contribution in [1.29, 1.82) is 0 Å². The minimum atomic E-state index is -0.667. The third kappa shape index (κ3) is 5.05. The second-order valence-electron chi connectivity index (χ2n) is 6.67. The first-order chi connectivity index (χ1) is 9.69. The first-order valence-electron chi connectivity index (χ1n) is 7.41. The molecule has 1 atom stereocenters. The summed E-state index contributed by atoms with van der Waals surface area (Å²) in [6, 6.07) is 8.17. The average Bonchev–Trinajstić information content (AvgIpc) is 2.42. The van der Waals surface area contributed by atoms with Crippen molar-refractivity contribution in [2.75, 3.05) is 13.7 Å². The van der Waals surface area contributed by atoms with E-state index in [-0.39, 0.29) is 11.3 Å². The number of nitrogens with one attached hydrogen (secondary N) is 1. The van der Waals surface area contributed by atoms with E-state index in [2.05, 4.69) is 38.2 Å². The molecule has 0 spiro atoms. The summed E-state index contributed by atoms with van der Waals surface area (Å²) in [6.07, 6.45) is 1.42. The van der Waals surface area contributed by atoms with Crippen LogP contribution in [0, 0.1) is 0 Å². The Morgan fingerprint density at radius 1 is 1.19 bits per heavy atom. The lowest BCUT2D eigenvalue weighted by Crippen LogP contribution is -2.51. The highest BCUT2D eigenvalue weighted by molar-refractivity contribution is 5.84. The van der Waals surface area contributed by atoms with Crippen LogP contribution < -0.4 is 15.8 Å². The molecular weight excluding hydrogens is 264 g/mol. The van der Waals surface area contributed by atoms with E-state index in [9.17, 15) is 4.79 Å². The number of rotatable bonds is 7. The molecule has 0 bridgehead atoms. The van der Waals surface area contributed by atoms with E-state index >= 15 is 0 Å². The zero-order valence-electron chi connectivity index (χ0n) is 13.8. The molecule has 4 nitrogen and oxygen atoms in total. The first-order valence-corrected chi connectivity index (χ1v) is 7.41. The summed E-state index contributed by atoms with van der Waals surface area (Å²) in [5.74, 6) is 0.521. The molecule has 0 aliphatic heterocycles. The molecule has 1 aromatic rings. The molecule has 1 amide bonds. The topological polar surface area (TPSA) is 64.3 Å². The van der Waals surface area contributed by atoms with Crippen LogP contribution in [0.2, 0.25) is 0 Å². The maximum absolute atomic E-state index is 11.4. The van der Waals surface area contributed by atoms with Gasteiger partial charge in [-0.1, -0.05) is 32.9 Å². The Labute approximate surface area is 128 Å². The van der Waals surface area contributed by atoms with Crippen LogP contribution in [0.5, 0.6) is 5.75 Å². The van der Waals surface area contributed by atoms with Gasteiger partial charge in [-0.15, -0.1) is 0 Å². The molecule has 1 aromatic carbocycles. The minimum Gasteiger partial charge on any atom is -0.494 e. The molecule has 0 radical (unpaired) electrons. The summed E-state index contributed by atoms with van der Waals surface area (Å²) < 4.78 is 5.71. The standard InChI is InChI=1S/C17H28N2O2/c1-16(2,3)13-7-9-14(10-8-13)21-12-6-11-17(4,19-5)15(18)20/h7-10,19H,6,11-12H2,1-5H3,(H2,18,20). The van der Waals surface area contributed by atoms with Gasteiger partial charge in [-0.3, -0.25) is 4.79 Å². The zero-order chi connectivity index (χ0) is 16.1. The Hall–Kier alpha value is -1.55. The van der Waals surface area contributed by atoms with Gasteiger partial charge < -0.3 is 15.8 Å². The van der Waals surface area contributed by atoms with E-state index in [0.717, 1.165) is 12.2 Å². The number of hydrogen-bond donors (Lipinski definition) is 2. The van der Waals surface area contributed by atoms with Gasteiger partial charge in [0.15, 0.2) is 0 Å². The smallest absolute Gasteiger partial charge is 0.237 e. The van der Waals surface area contributed by atoms with Crippen LogP contribution in [-0.2, 0) is 10.2 Å². The van der Waals surface area contributed by atoms with Crippen LogP contribution >= 0.6 is 0 Å². The highest BCUT2D eigenvalue weighted by Gasteiger charge is 2.28. The molecule has 0 saturated heterocycles. The molecule has 0 aliphatic carbocycles. The normalized spacial score (nSPS) is 14.5. The number of carbonyl (C=O) groups excluding carboxylic acids is 1. The van der Waals surface area contributed by atoms with Crippen molar-refractivity contribution in [1.82, 2.24) is 5.32 Å². The quantitative estimate of drug-likeness (QED) is 0.759. The fourth-order valence-corrected chi connectivity index (χ4v) is 2.04. The minimum absolute atomic E-state index is 0.147. The van der Waals surface area contributed by atoms with Gasteiger partial charge in [0.2, 0.25) is 5.91 Å². The summed E-state index contributed by atoms with van der Waals surface area (Å²) in [7, 11) is 1.75. The van der Waals surface area contributed by atoms with E-state index in [4.69, 9.17) is 10.5 Å². The van der Waals surface area contributed by atoms with Crippen LogP contribution in [0.15, 0.2) is 24.3 Å². The highest BCUT2D eigenvalue weighted by atomic mass is 16.5. The van der Waals surface area contributed by atoms with Crippen molar-refractivity contribution in [2.24, 2.45) is 5.73 Å². The van der Waals surface area contributed by atoms with Gasteiger partial charge in [-0.05, 0) is 49.9 Å². The third-order valence-corrected chi connectivity index (χ3v) is 3.91. The molecule has 0 aliphatic rings. The molecule has 21 heavy (non-hydrogen) atoms. The fourth-order valence-electron chi connectivity index (χ4n) is 2.04. The van der Waals surface area contributed by atoms with Gasteiger partial charge in [0.05, 0.1) is 12.1 Å². The summed E-state index contributed by atoms with van der Waals surface area (Å²) in [6.45, 7) is 8.94. The van der Waals surface area contributed by atoms with Crippen LogP contribution in [-0.4, -0.2) is 25.1 Å². The van der Waals surface area contributed by atoms with E-state index in [1.54, 1.807) is 7.05 Å². The van der Waals surface area contributed by atoms with Crippen molar-refractivity contribution in [2.45, 2.75) is 51.5 Å². The van der Waals surface area contributed by atoms with Gasteiger partial charge in [-0.2, -0.15) is 0 Å². The SMILES string of the molecule is CNC(C)(CCCOc1ccc(C(C)(C)C)cc1)C(N)=O. The van der Waals surface area contributed by atoms with Crippen LogP contribution in [0.1, 0.15) is 46.1 Å². The number of primary amides is 1. The highest BCUT2D eigenvalue weighted by Crippen LogP contribution is 2.24. The first kappa shape index (κ1) is 17.5. The predicted octanol–water partition coefficient (Wildman–Crippen LogP) is 2.61. The molecule has 0 saturated carbocycles. The second-order valence-corrected chi connectivity index (χ2v) is 6.67. The van der Waals surface area contributed by atoms with Gasteiger partial charge >= 0.3 is 0 Å². The Bertz CT molecular complexity index is 463. The lowest BCUT2D eigenvalue weighted by Gasteiger charge is -2.25. The Balaban J connectivity index is 2.45. The average molecular weight is 292 g/mol. The molecule has 1 rings (SSSR count). The number of nitrogens with two attached hydrogens (primary N) is 1. The second kappa shape index (κ2) is 6.94. The van der Waals surface area contributed by atoms with Crippen molar-refractivity contribution < 1.29 is 9.53 Å². The lowest BCUT2D eigenvalue weighted by atomic mass is 9.87. The maximum Gasteiger partial charge on any atom is 0.237 e. The molecule has 118 valence electrons. The molecule has 0 fully saturated rings. The fraction of sp³-hybridized carbons (Fsp3) is 0.588. The number of hydrogen-bond acceptors (Lipinski definition) is 3. The van der Waals surface area contributed by atoms with E-state index in [1.165, 1.54) is 5.56 Å². The van der Waals surface area contributed by atoms with Gasteiger partial charge in [0.1, 0.15) is 5.75 Å². The summed E-state index contributed by atoms with van der Waals surface area (Å²) in [5, 5.41) is 2.97. The molecule has 0 aromatic heterocycles. The number of amides is 1. The Morgan fingerprint density at radius 3 is 2.19 bits per heavy atom. The van der Waals surface area contributed by atoms with Crippen molar-refractivity contribution in [3.05, 3.63) is 29.8 Å². The summed E-state index contributed by atoms with van der Waals surface area (Å²) in [5.41, 5.74) is 6.15. The van der Waals surface area contributed by atoms with Crippen LogP contribution in [0.4, 0.5) is 0 Å². The van der Waals surface area contributed by atoms with E-state index in [1.807, 2.05) is 19.1 Å².